The van der Waals surface area contributed by atoms with Gasteiger partial charge in [-0.2, -0.15) is 0 Å². The molecule has 4 rings (SSSR count). The van der Waals surface area contributed by atoms with Crippen LogP contribution in [0.5, 0.6) is 0 Å². The van der Waals surface area contributed by atoms with E-state index in [0.29, 0.717) is 30.5 Å². The third-order valence-corrected chi connectivity index (χ3v) is 8.19. The minimum Gasteiger partial charge on any atom is -0.393 e. The predicted molar refractivity (Wildman–Crippen MR) is 83.0 cm³/mol. The van der Waals surface area contributed by atoms with Crippen molar-refractivity contribution in [2.24, 2.45) is 34.5 Å². The highest BCUT2D eigenvalue weighted by Gasteiger charge is 2.63. The molecule has 0 aromatic rings. The summed E-state index contributed by atoms with van der Waals surface area (Å²) in [6.07, 6.45) is 6.00. The minimum atomic E-state index is -0.801. The molecule has 4 saturated carbocycles. The van der Waals surface area contributed by atoms with Crippen molar-refractivity contribution in [1.82, 2.24) is 0 Å². The Labute approximate surface area is 132 Å². The number of ketones is 1. The average molecular weight is 308 g/mol. The predicted octanol–water partition coefficient (Wildman–Crippen LogP) is 3.91. The van der Waals surface area contributed by atoms with Gasteiger partial charge in [-0.25, -0.2) is 4.39 Å². The van der Waals surface area contributed by atoms with Crippen LogP contribution >= 0.6 is 0 Å². The van der Waals surface area contributed by atoms with Crippen LogP contribution in [-0.4, -0.2) is 23.2 Å². The van der Waals surface area contributed by atoms with E-state index in [0.717, 1.165) is 38.5 Å². The number of Topliss-reactive ketones (excluding diaryl/α,β-unsaturated/α-hetero) is 1. The second-order valence-corrected chi connectivity index (χ2v) is 9.09. The summed E-state index contributed by atoms with van der Waals surface area (Å²) in [6, 6.07) is 0. The molecule has 0 aromatic carbocycles. The number of halogens is 1. The average Bonchev–Trinajstić information content (AvgIpc) is 2.73. The first-order valence-electron chi connectivity index (χ1n) is 9.23. The molecule has 3 heteroatoms. The summed E-state index contributed by atoms with van der Waals surface area (Å²) in [5.74, 6) is 1.39. The molecule has 0 heterocycles. The summed E-state index contributed by atoms with van der Waals surface area (Å²) in [7, 11) is 0. The maximum absolute atomic E-state index is 14.5. The molecule has 0 spiro atoms. The van der Waals surface area contributed by atoms with Crippen molar-refractivity contribution in [2.75, 3.05) is 0 Å². The molecule has 2 nitrogen and oxygen atoms in total. The highest BCUT2D eigenvalue weighted by atomic mass is 19.1. The Bertz CT molecular complexity index is 492. The molecule has 4 aliphatic rings. The summed E-state index contributed by atoms with van der Waals surface area (Å²) >= 11 is 0. The fourth-order valence-corrected chi connectivity index (χ4v) is 7.14. The zero-order chi connectivity index (χ0) is 15.7. The minimum absolute atomic E-state index is 0.0482. The number of hydrogen-bond acceptors (Lipinski definition) is 2. The Balaban J connectivity index is 1.72. The van der Waals surface area contributed by atoms with Gasteiger partial charge in [0.1, 0.15) is 12.0 Å². The lowest BCUT2D eigenvalue weighted by Crippen LogP contribution is -2.59. The van der Waals surface area contributed by atoms with E-state index in [4.69, 9.17) is 0 Å². The number of aliphatic hydroxyl groups is 1. The van der Waals surface area contributed by atoms with Crippen LogP contribution in [0.3, 0.4) is 0 Å². The molecule has 4 fully saturated rings. The molecular weight excluding hydrogens is 279 g/mol. The summed E-state index contributed by atoms with van der Waals surface area (Å²) in [6.45, 7) is 4.27. The normalized spacial score (nSPS) is 57.9. The van der Waals surface area contributed by atoms with Gasteiger partial charge in [-0.15, -0.1) is 0 Å². The highest BCUT2D eigenvalue weighted by molar-refractivity contribution is 5.84. The molecule has 3 unspecified atom stereocenters. The van der Waals surface area contributed by atoms with Gasteiger partial charge in [-0.1, -0.05) is 20.3 Å². The van der Waals surface area contributed by atoms with Crippen LogP contribution in [0.4, 0.5) is 4.39 Å². The van der Waals surface area contributed by atoms with Gasteiger partial charge in [0.2, 0.25) is 0 Å². The quantitative estimate of drug-likeness (QED) is 0.737. The van der Waals surface area contributed by atoms with Gasteiger partial charge in [0.15, 0.2) is 0 Å². The smallest absolute Gasteiger partial charge is 0.137 e. The fraction of sp³-hybridized carbons (Fsp3) is 0.947. The first kappa shape index (κ1) is 15.1. The number of carbonyl (C=O) groups excluding carboxylic acids is 1. The van der Waals surface area contributed by atoms with Crippen LogP contribution in [0.1, 0.15) is 65.2 Å². The van der Waals surface area contributed by atoms with Crippen molar-refractivity contribution < 1.29 is 14.3 Å². The van der Waals surface area contributed by atoms with Crippen molar-refractivity contribution in [1.29, 1.82) is 0 Å². The number of aliphatic hydroxyl groups excluding tert-OH is 1. The molecule has 1 N–H and O–H groups in total. The second kappa shape index (κ2) is 4.78. The fourth-order valence-electron chi connectivity index (χ4n) is 7.14. The van der Waals surface area contributed by atoms with Crippen LogP contribution < -0.4 is 0 Å². The topological polar surface area (TPSA) is 37.3 Å². The molecule has 124 valence electrons. The van der Waals surface area contributed by atoms with E-state index in [1.165, 1.54) is 0 Å². The van der Waals surface area contributed by atoms with E-state index in [2.05, 4.69) is 6.92 Å². The number of alkyl halides is 1. The lowest BCUT2D eigenvalue weighted by atomic mass is 9.44. The highest BCUT2D eigenvalue weighted by Crippen LogP contribution is 2.65. The molecule has 0 saturated heterocycles. The van der Waals surface area contributed by atoms with Crippen molar-refractivity contribution >= 4 is 5.78 Å². The standard InChI is InChI=1S/C19H29FO2/c1-18-9-3-4-14(21)13(18)6-5-11-12-7-8-16(20)19(12,2)10-15(22)17(11)18/h11-14,16-17,21H,3-10H2,1-2H3/t11-,12-,13?,14?,16?,17-,18-,19-/m0/s1. The number of rotatable bonds is 0. The molecule has 0 aliphatic heterocycles. The first-order valence-corrected chi connectivity index (χ1v) is 9.23. The Morgan fingerprint density at radius 3 is 2.55 bits per heavy atom. The molecule has 0 aromatic heterocycles. The monoisotopic (exact) mass is 308 g/mol. The second-order valence-electron chi connectivity index (χ2n) is 9.09. The van der Waals surface area contributed by atoms with Crippen molar-refractivity contribution in [3.8, 4) is 0 Å². The Kier molecular flexibility index (Phi) is 3.28. The van der Waals surface area contributed by atoms with Crippen LogP contribution in [0, 0.1) is 34.5 Å². The van der Waals surface area contributed by atoms with Crippen LogP contribution in [0.25, 0.3) is 0 Å². The molecule has 22 heavy (non-hydrogen) atoms. The van der Waals surface area contributed by atoms with E-state index in [1.807, 2.05) is 6.92 Å². The van der Waals surface area contributed by atoms with E-state index < -0.39 is 11.6 Å². The van der Waals surface area contributed by atoms with Crippen LogP contribution in [0.2, 0.25) is 0 Å². The lowest BCUT2D eigenvalue weighted by Gasteiger charge is -2.59. The Morgan fingerprint density at radius 2 is 1.77 bits per heavy atom. The van der Waals surface area contributed by atoms with E-state index >= 15 is 0 Å². The van der Waals surface area contributed by atoms with Gasteiger partial charge >= 0.3 is 0 Å². The molecule has 0 bridgehead atoms. The lowest BCUT2D eigenvalue weighted by molar-refractivity contribution is -0.167. The molecule has 4 aliphatic carbocycles. The maximum Gasteiger partial charge on any atom is 0.137 e. The first-order chi connectivity index (χ1) is 10.4. The largest absolute Gasteiger partial charge is 0.393 e. The number of hydrogen-bond donors (Lipinski definition) is 1. The molecule has 0 radical (unpaired) electrons. The SMILES string of the molecule is C[C@]12CCCC(O)C1CC[C@@H]1[C@H]2C(=O)C[C@]2(C)C(F)CC[C@@H]12. The summed E-state index contributed by atoms with van der Waals surface area (Å²) in [4.78, 5) is 13.0. The Hall–Kier alpha value is -0.440. The van der Waals surface area contributed by atoms with Crippen molar-refractivity contribution in [3.05, 3.63) is 0 Å². The van der Waals surface area contributed by atoms with Gasteiger partial charge in [-0.05, 0) is 61.7 Å². The molecular formula is C19H29FO2. The van der Waals surface area contributed by atoms with E-state index in [-0.39, 0.29) is 23.4 Å². The van der Waals surface area contributed by atoms with E-state index in [1.54, 1.807) is 0 Å². The Morgan fingerprint density at radius 1 is 1.05 bits per heavy atom. The molecule has 0 amide bonds. The van der Waals surface area contributed by atoms with Crippen LogP contribution in [-0.2, 0) is 4.79 Å². The summed E-state index contributed by atoms with van der Waals surface area (Å²) in [5.41, 5.74) is -0.456. The van der Waals surface area contributed by atoms with Gasteiger partial charge in [0.05, 0.1) is 6.10 Å². The van der Waals surface area contributed by atoms with Gasteiger partial charge in [0.25, 0.3) is 0 Å². The van der Waals surface area contributed by atoms with E-state index in [9.17, 15) is 14.3 Å². The number of fused-ring (bicyclic) bond motifs is 5. The van der Waals surface area contributed by atoms with Crippen LogP contribution in [0.15, 0.2) is 0 Å². The van der Waals surface area contributed by atoms with Crippen molar-refractivity contribution in [2.45, 2.75) is 77.5 Å². The van der Waals surface area contributed by atoms with Gasteiger partial charge in [-0.3, -0.25) is 4.79 Å². The molecule has 8 atom stereocenters. The zero-order valence-electron chi connectivity index (χ0n) is 13.9. The third-order valence-electron chi connectivity index (χ3n) is 8.19. The van der Waals surface area contributed by atoms with Gasteiger partial charge < -0.3 is 5.11 Å². The summed E-state index contributed by atoms with van der Waals surface area (Å²) < 4.78 is 14.5. The van der Waals surface area contributed by atoms with Crippen molar-refractivity contribution in [3.63, 3.8) is 0 Å². The number of carbonyl (C=O) groups is 1. The third kappa shape index (κ3) is 1.78. The summed E-state index contributed by atoms with van der Waals surface area (Å²) in [5, 5.41) is 10.5. The van der Waals surface area contributed by atoms with Gasteiger partial charge in [0, 0.05) is 17.8 Å². The maximum atomic E-state index is 14.5. The zero-order valence-corrected chi connectivity index (χ0v) is 13.9.